The van der Waals surface area contributed by atoms with Gasteiger partial charge < -0.3 is 20.4 Å². The molecule has 0 radical (unpaired) electrons. The van der Waals surface area contributed by atoms with E-state index in [4.69, 9.17) is 4.74 Å². The molecule has 154 valence electrons. The number of nitrogens with one attached hydrogen (secondary N) is 3. The second-order valence-corrected chi connectivity index (χ2v) is 8.05. The Labute approximate surface area is 165 Å². The molecule has 2 saturated carbocycles. The fraction of sp³-hybridized carbons (Fsp3) is 0.667. The van der Waals surface area contributed by atoms with Crippen molar-refractivity contribution in [2.45, 2.75) is 77.0 Å². The minimum absolute atomic E-state index is 0.0879. The molecule has 2 amide bonds. The van der Waals surface area contributed by atoms with Gasteiger partial charge in [-0.25, -0.2) is 0 Å². The molecule has 1 heterocycles. The first-order valence-electron chi connectivity index (χ1n) is 10.4. The van der Waals surface area contributed by atoms with Crippen molar-refractivity contribution in [2.75, 3.05) is 6.61 Å². The van der Waals surface area contributed by atoms with Crippen LogP contribution in [-0.2, 0) is 9.53 Å². The van der Waals surface area contributed by atoms with E-state index in [2.05, 4.69) is 15.6 Å². The molecule has 0 aliphatic heterocycles. The van der Waals surface area contributed by atoms with E-state index in [9.17, 15) is 14.4 Å². The maximum atomic E-state index is 12.7. The number of ether oxygens (including phenoxy) is 1. The number of pyridine rings is 1. The van der Waals surface area contributed by atoms with Crippen LogP contribution in [0.15, 0.2) is 16.9 Å². The highest BCUT2D eigenvalue weighted by Crippen LogP contribution is 2.28. The second kappa shape index (κ2) is 9.37. The Bertz CT molecular complexity index is 756. The Morgan fingerprint density at radius 3 is 2.61 bits per heavy atom. The molecule has 1 aromatic rings. The van der Waals surface area contributed by atoms with Crippen molar-refractivity contribution in [3.8, 4) is 0 Å². The summed E-state index contributed by atoms with van der Waals surface area (Å²) in [4.78, 5) is 39.7. The summed E-state index contributed by atoms with van der Waals surface area (Å²) in [7, 11) is 0. The standard InChI is InChI=1S/C21H31N3O4/c1-3-9-28-18-8-7-14(20(26)23-16-5-4-6-16)11-17(18)24-21(27)15-10-13(2)22-19(25)12-15/h10,12,14,16-18H,3-9,11H2,1-2H3,(H,22,25)(H,23,26)(H,24,27)/t14-,17+,18+/m0/s1. The van der Waals surface area contributed by atoms with Crippen LogP contribution in [0.2, 0.25) is 0 Å². The number of aryl methyl sites for hydroxylation is 1. The number of rotatable bonds is 7. The van der Waals surface area contributed by atoms with Crippen molar-refractivity contribution in [1.82, 2.24) is 15.6 Å². The molecule has 2 aliphatic carbocycles. The maximum absolute atomic E-state index is 12.7. The van der Waals surface area contributed by atoms with E-state index in [1.165, 1.54) is 12.5 Å². The van der Waals surface area contributed by atoms with E-state index in [0.717, 1.165) is 32.1 Å². The van der Waals surface area contributed by atoms with Crippen LogP contribution in [0.5, 0.6) is 0 Å². The topological polar surface area (TPSA) is 100 Å². The molecule has 3 N–H and O–H groups in total. The fourth-order valence-corrected chi connectivity index (χ4v) is 3.94. The maximum Gasteiger partial charge on any atom is 0.251 e. The Morgan fingerprint density at radius 1 is 1.18 bits per heavy atom. The van der Waals surface area contributed by atoms with E-state index >= 15 is 0 Å². The molecule has 0 unspecified atom stereocenters. The highest BCUT2D eigenvalue weighted by atomic mass is 16.5. The summed E-state index contributed by atoms with van der Waals surface area (Å²) in [6.45, 7) is 4.41. The van der Waals surface area contributed by atoms with Gasteiger partial charge in [-0.15, -0.1) is 0 Å². The molecule has 1 aromatic heterocycles. The van der Waals surface area contributed by atoms with Crippen molar-refractivity contribution in [3.63, 3.8) is 0 Å². The number of hydrogen-bond donors (Lipinski definition) is 3. The molecule has 3 rings (SSSR count). The molecule has 0 saturated heterocycles. The largest absolute Gasteiger partial charge is 0.376 e. The van der Waals surface area contributed by atoms with Gasteiger partial charge in [0, 0.05) is 35.9 Å². The van der Waals surface area contributed by atoms with Gasteiger partial charge in [0.25, 0.3) is 5.91 Å². The number of amides is 2. The molecule has 28 heavy (non-hydrogen) atoms. The van der Waals surface area contributed by atoms with Gasteiger partial charge in [-0.1, -0.05) is 6.92 Å². The Morgan fingerprint density at radius 2 is 1.96 bits per heavy atom. The first kappa shape index (κ1) is 20.6. The highest BCUT2D eigenvalue weighted by Gasteiger charge is 2.36. The first-order valence-corrected chi connectivity index (χ1v) is 10.4. The highest BCUT2D eigenvalue weighted by molar-refractivity contribution is 5.94. The predicted octanol–water partition coefficient (Wildman–Crippen LogP) is 2.05. The minimum Gasteiger partial charge on any atom is -0.376 e. The van der Waals surface area contributed by atoms with Crippen LogP contribution in [0.1, 0.15) is 67.9 Å². The van der Waals surface area contributed by atoms with Crippen molar-refractivity contribution in [3.05, 3.63) is 33.7 Å². The molecular weight excluding hydrogens is 358 g/mol. The molecule has 0 aromatic carbocycles. The van der Waals surface area contributed by atoms with Gasteiger partial charge in [-0.3, -0.25) is 14.4 Å². The average molecular weight is 389 g/mol. The van der Waals surface area contributed by atoms with Gasteiger partial charge in [0.05, 0.1) is 12.1 Å². The molecule has 0 bridgehead atoms. The van der Waals surface area contributed by atoms with Gasteiger partial charge in [0.1, 0.15) is 0 Å². The summed E-state index contributed by atoms with van der Waals surface area (Å²) >= 11 is 0. The third kappa shape index (κ3) is 5.22. The number of carbonyl (C=O) groups excluding carboxylic acids is 2. The van der Waals surface area contributed by atoms with E-state index in [0.29, 0.717) is 30.3 Å². The van der Waals surface area contributed by atoms with Crippen LogP contribution >= 0.6 is 0 Å². The van der Waals surface area contributed by atoms with Crippen LogP contribution in [0.4, 0.5) is 0 Å². The Hall–Kier alpha value is -2.15. The summed E-state index contributed by atoms with van der Waals surface area (Å²) in [6.07, 6.45) is 6.14. The number of aromatic nitrogens is 1. The molecular formula is C21H31N3O4. The van der Waals surface area contributed by atoms with Crippen LogP contribution < -0.4 is 16.2 Å². The summed E-state index contributed by atoms with van der Waals surface area (Å²) in [5, 5.41) is 6.14. The summed E-state index contributed by atoms with van der Waals surface area (Å²) < 4.78 is 5.96. The molecule has 0 spiro atoms. The van der Waals surface area contributed by atoms with Gasteiger partial charge in [-0.05, 0) is 57.9 Å². The van der Waals surface area contributed by atoms with E-state index in [-0.39, 0.29) is 35.4 Å². The van der Waals surface area contributed by atoms with Gasteiger partial charge in [-0.2, -0.15) is 0 Å². The normalized spacial score (nSPS) is 25.0. The third-order valence-electron chi connectivity index (χ3n) is 5.70. The monoisotopic (exact) mass is 389 g/mol. The smallest absolute Gasteiger partial charge is 0.251 e. The lowest BCUT2D eigenvalue weighted by molar-refractivity contribution is -0.128. The van der Waals surface area contributed by atoms with Gasteiger partial charge >= 0.3 is 0 Å². The SMILES string of the molecule is CCCO[C@@H]1CC[C@H](C(=O)NC2CCC2)C[C@H]1NC(=O)c1cc(C)[nH]c(=O)c1. The van der Waals surface area contributed by atoms with Crippen molar-refractivity contribution >= 4 is 11.8 Å². The zero-order valence-electron chi connectivity index (χ0n) is 16.8. The Balaban J connectivity index is 1.67. The Kier molecular flexibility index (Phi) is 6.88. The van der Waals surface area contributed by atoms with E-state index < -0.39 is 0 Å². The number of hydrogen-bond acceptors (Lipinski definition) is 4. The fourth-order valence-electron chi connectivity index (χ4n) is 3.94. The zero-order chi connectivity index (χ0) is 20.1. The molecule has 2 fully saturated rings. The lowest BCUT2D eigenvalue weighted by atomic mass is 9.82. The van der Waals surface area contributed by atoms with Crippen LogP contribution in [-0.4, -0.2) is 41.6 Å². The zero-order valence-corrected chi connectivity index (χ0v) is 16.8. The lowest BCUT2D eigenvalue weighted by Crippen LogP contribution is -2.52. The number of carbonyl (C=O) groups is 2. The molecule has 3 atom stereocenters. The summed E-state index contributed by atoms with van der Waals surface area (Å²) in [5.41, 5.74) is 0.666. The van der Waals surface area contributed by atoms with E-state index in [1.807, 2.05) is 6.92 Å². The first-order chi connectivity index (χ1) is 13.5. The van der Waals surface area contributed by atoms with Crippen LogP contribution in [0, 0.1) is 12.8 Å². The lowest BCUT2D eigenvalue weighted by Gasteiger charge is -2.37. The van der Waals surface area contributed by atoms with Gasteiger partial charge in [0.15, 0.2) is 0 Å². The van der Waals surface area contributed by atoms with E-state index in [1.54, 1.807) is 13.0 Å². The van der Waals surface area contributed by atoms with Gasteiger partial charge in [0.2, 0.25) is 11.5 Å². The molecule has 7 heteroatoms. The van der Waals surface area contributed by atoms with Crippen molar-refractivity contribution in [1.29, 1.82) is 0 Å². The van der Waals surface area contributed by atoms with Crippen molar-refractivity contribution in [2.24, 2.45) is 5.92 Å². The third-order valence-corrected chi connectivity index (χ3v) is 5.70. The van der Waals surface area contributed by atoms with Crippen LogP contribution in [0.3, 0.4) is 0 Å². The molecule has 7 nitrogen and oxygen atoms in total. The average Bonchev–Trinajstić information content (AvgIpc) is 2.62. The predicted molar refractivity (Wildman–Crippen MR) is 106 cm³/mol. The minimum atomic E-state index is -0.302. The quantitative estimate of drug-likeness (QED) is 0.664. The molecule has 2 aliphatic rings. The number of H-pyrrole nitrogens is 1. The summed E-state index contributed by atoms with van der Waals surface area (Å²) in [6, 6.07) is 3.02. The summed E-state index contributed by atoms with van der Waals surface area (Å²) in [5.74, 6) is -0.331. The van der Waals surface area contributed by atoms with Crippen LogP contribution in [0.25, 0.3) is 0 Å². The van der Waals surface area contributed by atoms with Crippen molar-refractivity contribution < 1.29 is 14.3 Å². The number of aromatic amines is 1. The second-order valence-electron chi connectivity index (χ2n) is 8.05.